The van der Waals surface area contributed by atoms with Crippen LogP contribution in [0.25, 0.3) is 0 Å². The molecule has 1 aliphatic carbocycles. The van der Waals surface area contributed by atoms with Gasteiger partial charge in [-0.3, -0.25) is 5.43 Å². The lowest BCUT2D eigenvalue weighted by Gasteiger charge is -2.04. The molecule has 0 atom stereocenters. The Kier molecular flexibility index (Phi) is 2.99. The van der Waals surface area contributed by atoms with Gasteiger partial charge in [0.2, 0.25) is 0 Å². The normalized spacial score (nSPS) is 15.6. The van der Waals surface area contributed by atoms with Gasteiger partial charge in [-0.1, -0.05) is 24.3 Å². The van der Waals surface area contributed by atoms with E-state index in [2.05, 4.69) is 16.6 Å². The number of halogens is 2. The van der Waals surface area contributed by atoms with Gasteiger partial charge in [0.1, 0.15) is 5.82 Å². The van der Waals surface area contributed by atoms with E-state index in [-0.39, 0.29) is 5.69 Å². The molecule has 1 N–H and O–H groups in total. The molecule has 0 saturated heterocycles. The third kappa shape index (κ3) is 2.34. The van der Waals surface area contributed by atoms with E-state index in [4.69, 9.17) is 0 Å². The van der Waals surface area contributed by atoms with Crippen molar-refractivity contribution >= 4 is 11.4 Å². The molecule has 0 amide bonds. The maximum atomic E-state index is 13.4. The van der Waals surface area contributed by atoms with Crippen molar-refractivity contribution in [2.24, 2.45) is 5.10 Å². The number of benzene rings is 2. The van der Waals surface area contributed by atoms with Crippen LogP contribution in [0.15, 0.2) is 47.6 Å². The Hall–Kier alpha value is -2.23. The monoisotopic (exact) mass is 258 g/mol. The average molecular weight is 258 g/mol. The molecule has 0 unspecified atom stereocenters. The highest BCUT2D eigenvalue weighted by Crippen LogP contribution is 2.23. The molecular weight excluding hydrogens is 246 g/mol. The summed E-state index contributed by atoms with van der Waals surface area (Å²) < 4.78 is 26.2. The highest BCUT2D eigenvalue weighted by atomic mass is 19.1. The molecular formula is C15H12F2N2. The van der Waals surface area contributed by atoms with Crippen molar-refractivity contribution in [3.63, 3.8) is 0 Å². The molecule has 0 heterocycles. The summed E-state index contributed by atoms with van der Waals surface area (Å²) >= 11 is 0. The van der Waals surface area contributed by atoms with Gasteiger partial charge in [0, 0.05) is 11.6 Å². The van der Waals surface area contributed by atoms with E-state index >= 15 is 0 Å². The Bertz CT molecular complexity index is 650. The first kappa shape index (κ1) is 11.8. The van der Waals surface area contributed by atoms with Crippen molar-refractivity contribution in [3.8, 4) is 0 Å². The molecule has 2 aromatic rings. The van der Waals surface area contributed by atoms with Crippen molar-refractivity contribution in [2.45, 2.75) is 12.8 Å². The van der Waals surface area contributed by atoms with E-state index in [1.807, 2.05) is 18.2 Å². The van der Waals surface area contributed by atoms with Gasteiger partial charge in [-0.2, -0.15) is 5.10 Å². The van der Waals surface area contributed by atoms with Gasteiger partial charge in [-0.05, 0) is 30.5 Å². The van der Waals surface area contributed by atoms with Gasteiger partial charge < -0.3 is 0 Å². The van der Waals surface area contributed by atoms with Crippen molar-refractivity contribution in [1.82, 2.24) is 0 Å². The van der Waals surface area contributed by atoms with Crippen LogP contribution in [0.5, 0.6) is 0 Å². The Morgan fingerprint density at radius 1 is 1.00 bits per heavy atom. The molecule has 0 radical (unpaired) electrons. The molecule has 0 aromatic heterocycles. The minimum absolute atomic E-state index is 0.179. The number of fused-ring (bicyclic) bond motifs is 1. The predicted molar refractivity (Wildman–Crippen MR) is 71.3 cm³/mol. The molecule has 0 aliphatic heterocycles. The number of rotatable bonds is 2. The molecule has 2 nitrogen and oxygen atoms in total. The second-order valence-corrected chi connectivity index (χ2v) is 4.45. The third-order valence-electron chi connectivity index (χ3n) is 3.20. The molecule has 4 heteroatoms. The van der Waals surface area contributed by atoms with Gasteiger partial charge >= 0.3 is 0 Å². The number of anilines is 1. The van der Waals surface area contributed by atoms with Crippen LogP contribution >= 0.6 is 0 Å². The van der Waals surface area contributed by atoms with Crippen LogP contribution in [-0.2, 0) is 6.42 Å². The molecule has 96 valence electrons. The van der Waals surface area contributed by atoms with Crippen molar-refractivity contribution in [1.29, 1.82) is 0 Å². The fourth-order valence-corrected chi connectivity index (χ4v) is 2.23. The summed E-state index contributed by atoms with van der Waals surface area (Å²) in [6.45, 7) is 0. The van der Waals surface area contributed by atoms with E-state index in [9.17, 15) is 8.78 Å². The SMILES string of the molecule is Fc1ccc(N/N=C2/CCc3ccccc32)c(F)c1. The summed E-state index contributed by atoms with van der Waals surface area (Å²) in [7, 11) is 0. The highest BCUT2D eigenvalue weighted by Gasteiger charge is 2.16. The Morgan fingerprint density at radius 3 is 2.68 bits per heavy atom. The fourth-order valence-electron chi connectivity index (χ4n) is 2.23. The number of nitrogens with one attached hydrogen (secondary N) is 1. The summed E-state index contributed by atoms with van der Waals surface area (Å²) in [4.78, 5) is 0. The Balaban J connectivity index is 1.84. The summed E-state index contributed by atoms with van der Waals surface area (Å²) in [5.41, 5.74) is 6.10. The van der Waals surface area contributed by atoms with Crippen LogP contribution in [0.3, 0.4) is 0 Å². The van der Waals surface area contributed by atoms with Crippen LogP contribution in [0.4, 0.5) is 14.5 Å². The van der Waals surface area contributed by atoms with Crippen LogP contribution < -0.4 is 5.43 Å². The molecule has 3 rings (SSSR count). The standard InChI is InChI=1S/C15H12F2N2/c16-11-6-8-15(13(17)9-11)19-18-14-7-5-10-3-1-2-4-12(10)14/h1-4,6,8-9,19H,5,7H2/b18-14-. The van der Waals surface area contributed by atoms with E-state index in [1.165, 1.54) is 17.7 Å². The maximum absolute atomic E-state index is 13.4. The summed E-state index contributed by atoms with van der Waals surface area (Å²) in [6.07, 6.45) is 1.78. The van der Waals surface area contributed by atoms with E-state index < -0.39 is 11.6 Å². The zero-order valence-corrected chi connectivity index (χ0v) is 10.2. The number of nitrogens with zero attached hydrogens (tertiary/aromatic N) is 1. The zero-order valence-electron chi connectivity index (χ0n) is 10.2. The number of hydrazone groups is 1. The quantitative estimate of drug-likeness (QED) is 0.815. The lowest BCUT2D eigenvalue weighted by molar-refractivity contribution is 0.585. The van der Waals surface area contributed by atoms with E-state index in [0.29, 0.717) is 0 Å². The highest BCUT2D eigenvalue weighted by molar-refractivity contribution is 6.04. The zero-order chi connectivity index (χ0) is 13.2. The summed E-state index contributed by atoms with van der Waals surface area (Å²) in [5.74, 6) is -1.24. The Labute approximate surface area is 109 Å². The molecule has 19 heavy (non-hydrogen) atoms. The predicted octanol–water partition coefficient (Wildman–Crippen LogP) is 3.73. The second-order valence-electron chi connectivity index (χ2n) is 4.45. The lowest BCUT2D eigenvalue weighted by Crippen LogP contribution is -2.01. The van der Waals surface area contributed by atoms with Gasteiger partial charge in [0.15, 0.2) is 5.82 Å². The average Bonchev–Trinajstić information content (AvgIpc) is 2.81. The number of hydrogen-bond donors (Lipinski definition) is 1. The van der Waals surface area contributed by atoms with Crippen LogP contribution in [-0.4, -0.2) is 5.71 Å². The van der Waals surface area contributed by atoms with Crippen molar-refractivity contribution < 1.29 is 8.78 Å². The van der Waals surface area contributed by atoms with Crippen molar-refractivity contribution in [2.75, 3.05) is 5.43 Å². The van der Waals surface area contributed by atoms with Crippen molar-refractivity contribution in [3.05, 3.63) is 65.2 Å². The minimum atomic E-state index is -0.643. The molecule has 0 bridgehead atoms. The van der Waals surface area contributed by atoms with Gasteiger partial charge in [0.05, 0.1) is 11.4 Å². The second kappa shape index (κ2) is 4.80. The smallest absolute Gasteiger partial charge is 0.151 e. The first-order valence-electron chi connectivity index (χ1n) is 6.10. The summed E-state index contributed by atoms with van der Waals surface area (Å²) in [5, 5.41) is 4.23. The van der Waals surface area contributed by atoms with E-state index in [0.717, 1.165) is 30.2 Å². The number of aryl methyl sites for hydroxylation is 1. The molecule has 2 aromatic carbocycles. The topological polar surface area (TPSA) is 24.4 Å². The summed E-state index contributed by atoms with van der Waals surface area (Å²) in [6, 6.07) is 11.4. The lowest BCUT2D eigenvalue weighted by atomic mass is 10.1. The third-order valence-corrected chi connectivity index (χ3v) is 3.20. The van der Waals surface area contributed by atoms with Gasteiger partial charge in [-0.15, -0.1) is 0 Å². The first-order valence-corrected chi connectivity index (χ1v) is 6.10. The minimum Gasteiger partial charge on any atom is -0.275 e. The Morgan fingerprint density at radius 2 is 1.84 bits per heavy atom. The van der Waals surface area contributed by atoms with Crippen LogP contribution in [0.1, 0.15) is 17.5 Å². The first-order chi connectivity index (χ1) is 9.24. The van der Waals surface area contributed by atoms with Crippen LogP contribution in [0, 0.1) is 11.6 Å². The van der Waals surface area contributed by atoms with Crippen LogP contribution in [0.2, 0.25) is 0 Å². The fraction of sp³-hybridized carbons (Fsp3) is 0.133. The molecule has 0 spiro atoms. The number of hydrogen-bond acceptors (Lipinski definition) is 2. The molecule has 0 saturated carbocycles. The maximum Gasteiger partial charge on any atom is 0.151 e. The molecule has 1 aliphatic rings. The largest absolute Gasteiger partial charge is 0.275 e. The molecule has 0 fully saturated rings. The van der Waals surface area contributed by atoms with Gasteiger partial charge in [-0.25, -0.2) is 8.78 Å². The van der Waals surface area contributed by atoms with Gasteiger partial charge in [0.25, 0.3) is 0 Å². The van der Waals surface area contributed by atoms with E-state index in [1.54, 1.807) is 0 Å².